The predicted octanol–water partition coefficient (Wildman–Crippen LogP) is 7.75. The van der Waals surface area contributed by atoms with Gasteiger partial charge in [-0.2, -0.15) is 0 Å². The molecule has 1 aromatic carbocycles. The Balaban J connectivity index is 4.13. The third-order valence-electron chi connectivity index (χ3n) is 9.79. The van der Waals surface area contributed by atoms with Crippen LogP contribution >= 0.6 is 0 Å². The summed E-state index contributed by atoms with van der Waals surface area (Å²) in [6.07, 6.45) is 1.36. The van der Waals surface area contributed by atoms with Gasteiger partial charge in [-0.25, -0.2) is 0 Å². The summed E-state index contributed by atoms with van der Waals surface area (Å²) < 4.78 is 29.5. The summed E-state index contributed by atoms with van der Waals surface area (Å²) in [6.45, 7) is 34.5. The topological polar surface area (TPSA) is 161 Å². The Labute approximate surface area is 380 Å². The molecule has 14 heteroatoms. The summed E-state index contributed by atoms with van der Waals surface area (Å²) in [4.78, 5) is 75.4. The molecule has 0 spiro atoms. The molecule has 0 amide bonds. The van der Waals surface area contributed by atoms with E-state index in [9.17, 15) is 29.1 Å². The van der Waals surface area contributed by atoms with Gasteiger partial charge < -0.3 is 28.8 Å². The van der Waals surface area contributed by atoms with Crippen LogP contribution < -0.4 is 0 Å². The molecule has 14 nitrogen and oxygen atoms in total. The first-order valence-corrected chi connectivity index (χ1v) is 22.7. The molecular formula is C49H85N3O11. The molecule has 0 radical (unpaired) electrons. The highest BCUT2D eigenvalue weighted by molar-refractivity contribution is 5.80. The van der Waals surface area contributed by atoms with Gasteiger partial charge in [0, 0.05) is 26.2 Å². The molecule has 0 saturated carbocycles. The Morgan fingerprint density at radius 3 is 1.10 bits per heavy atom. The van der Waals surface area contributed by atoms with Gasteiger partial charge in [0.1, 0.15) is 51.9 Å². The fraction of sp³-hybridized carbons (Fsp3) is 0.776. The van der Waals surface area contributed by atoms with Gasteiger partial charge >= 0.3 is 29.8 Å². The van der Waals surface area contributed by atoms with Crippen LogP contribution in [0.2, 0.25) is 0 Å². The molecule has 0 aromatic heterocycles. The van der Waals surface area contributed by atoms with Gasteiger partial charge in [0.05, 0.1) is 13.1 Å². The molecule has 0 heterocycles. The Morgan fingerprint density at radius 1 is 0.492 bits per heavy atom. The first-order chi connectivity index (χ1) is 28.5. The number of rotatable bonds is 22. The zero-order chi connectivity index (χ0) is 48.9. The van der Waals surface area contributed by atoms with E-state index in [4.69, 9.17) is 23.7 Å². The van der Waals surface area contributed by atoms with Crippen LogP contribution in [-0.4, -0.2) is 135 Å². The first kappa shape index (κ1) is 57.3. The molecule has 0 fully saturated rings. The molecule has 1 N–H and O–H groups in total. The van der Waals surface area contributed by atoms with Crippen molar-refractivity contribution in [1.29, 1.82) is 0 Å². The van der Waals surface area contributed by atoms with Gasteiger partial charge in [0.25, 0.3) is 0 Å². The van der Waals surface area contributed by atoms with E-state index in [2.05, 4.69) is 0 Å². The van der Waals surface area contributed by atoms with Crippen molar-refractivity contribution < 1.29 is 52.8 Å². The van der Waals surface area contributed by atoms with Crippen LogP contribution in [0, 0.1) is 11.8 Å². The van der Waals surface area contributed by atoms with E-state index in [1.165, 1.54) is 0 Å². The second-order valence-corrected chi connectivity index (χ2v) is 21.8. The van der Waals surface area contributed by atoms with Crippen LogP contribution in [0.5, 0.6) is 5.75 Å². The van der Waals surface area contributed by atoms with Crippen molar-refractivity contribution in [3.63, 3.8) is 0 Å². The fourth-order valence-corrected chi connectivity index (χ4v) is 6.89. The minimum atomic E-state index is -0.937. The summed E-state index contributed by atoms with van der Waals surface area (Å²) in [5, 5.41) is 10.1. The van der Waals surface area contributed by atoms with E-state index in [0.717, 1.165) is 5.56 Å². The number of nitrogens with zero attached hydrogens (tertiary/aromatic N) is 3. The normalized spacial score (nSPS) is 15.3. The lowest BCUT2D eigenvalue weighted by molar-refractivity contribution is -0.168. The fourth-order valence-electron chi connectivity index (χ4n) is 6.89. The predicted molar refractivity (Wildman–Crippen MR) is 246 cm³/mol. The molecule has 0 bridgehead atoms. The minimum absolute atomic E-state index is 0.0662. The lowest BCUT2D eigenvalue weighted by atomic mass is 9.96. The highest BCUT2D eigenvalue weighted by Crippen LogP contribution is 2.25. The second kappa shape index (κ2) is 24.0. The number of carbonyl (C=O) groups excluding carboxylic acids is 5. The minimum Gasteiger partial charge on any atom is -0.508 e. The van der Waals surface area contributed by atoms with Crippen molar-refractivity contribution in [1.82, 2.24) is 14.7 Å². The maximum Gasteiger partial charge on any atom is 0.324 e. The number of hydrogen-bond acceptors (Lipinski definition) is 14. The van der Waals surface area contributed by atoms with Crippen molar-refractivity contribution in [2.24, 2.45) is 11.8 Å². The molecule has 63 heavy (non-hydrogen) atoms. The lowest BCUT2D eigenvalue weighted by Crippen LogP contribution is -2.56. The molecule has 0 aliphatic heterocycles. The number of phenols is 1. The third-order valence-corrected chi connectivity index (χ3v) is 9.79. The zero-order valence-corrected chi connectivity index (χ0v) is 42.4. The van der Waals surface area contributed by atoms with Gasteiger partial charge in [0.2, 0.25) is 0 Å². The molecular weight excluding hydrogens is 807 g/mol. The molecule has 1 aromatic rings. The number of benzene rings is 1. The Morgan fingerprint density at radius 2 is 0.794 bits per heavy atom. The largest absolute Gasteiger partial charge is 0.508 e. The van der Waals surface area contributed by atoms with Gasteiger partial charge in [-0.1, -0.05) is 52.7 Å². The highest BCUT2D eigenvalue weighted by atomic mass is 16.6. The summed E-state index contributed by atoms with van der Waals surface area (Å²) in [5.41, 5.74) is -3.33. The van der Waals surface area contributed by atoms with E-state index in [1.807, 2.05) is 32.6 Å². The Hall–Kier alpha value is -3.75. The zero-order valence-electron chi connectivity index (χ0n) is 42.4. The highest BCUT2D eigenvalue weighted by Gasteiger charge is 2.40. The molecule has 0 aliphatic carbocycles. The lowest BCUT2D eigenvalue weighted by Gasteiger charge is -2.40. The van der Waals surface area contributed by atoms with Crippen molar-refractivity contribution in [3.8, 4) is 5.75 Å². The summed E-state index contributed by atoms with van der Waals surface area (Å²) in [6, 6.07) is 3.91. The number of esters is 5. The van der Waals surface area contributed by atoms with Crippen molar-refractivity contribution in [2.75, 3.05) is 39.3 Å². The number of aromatic hydroxyl groups is 1. The third kappa shape index (κ3) is 23.1. The van der Waals surface area contributed by atoms with Crippen molar-refractivity contribution >= 4 is 29.8 Å². The number of phenolic OH excluding ortho intramolecular Hbond substituents is 1. The van der Waals surface area contributed by atoms with E-state index >= 15 is 0 Å². The maximum absolute atomic E-state index is 14.5. The van der Waals surface area contributed by atoms with E-state index in [1.54, 1.807) is 138 Å². The van der Waals surface area contributed by atoms with Gasteiger partial charge in [-0.15, -0.1) is 0 Å². The van der Waals surface area contributed by atoms with Crippen molar-refractivity contribution in [2.45, 2.75) is 197 Å². The molecule has 0 aliphatic rings. The van der Waals surface area contributed by atoms with Crippen LogP contribution in [0.4, 0.5) is 0 Å². The van der Waals surface area contributed by atoms with Crippen LogP contribution in [0.1, 0.15) is 150 Å². The molecule has 0 saturated heterocycles. The molecule has 362 valence electrons. The molecule has 1 rings (SSSR count). The average molecular weight is 892 g/mol. The van der Waals surface area contributed by atoms with Gasteiger partial charge in [0.15, 0.2) is 0 Å². The van der Waals surface area contributed by atoms with Crippen LogP contribution in [0.25, 0.3) is 0 Å². The first-order valence-electron chi connectivity index (χ1n) is 22.7. The van der Waals surface area contributed by atoms with E-state index < -0.39 is 76.0 Å². The van der Waals surface area contributed by atoms with E-state index in [0.29, 0.717) is 12.8 Å². The number of ether oxygens (including phenoxy) is 5. The number of carbonyl (C=O) groups is 5. The smallest absolute Gasteiger partial charge is 0.324 e. The SMILES string of the molecule is CCC(C)C(C(=O)OC(C)(C)C)N(CCN(CCN(CC(=O)OC(C)(C)C)C(C(=O)OC(C)(C)C)C(C)CC)C(Cc1ccc(O)cc1)C(=O)OC(C)(C)C)CC(=O)OC(C)(C)C. The summed E-state index contributed by atoms with van der Waals surface area (Å²) >= 11 is 0. The van der Waals surface area contributed by atoms with Crippen LogP contribution in [0.15, 0.2) is 24.3 Å². The van der Waals surface area contributed by atoms with Crippen LogP contribution in [-0.2, 0) is 54.1 Å². The van der Waals surface area contributed by atoms with Gasteiger partial charge in [-0.05, 0) is 140 Å². The van der Waals surface area contributed by atoms with E-state index in [-0.39, 0.29) is 63.3 Å². The van der Waals surface area contributed by atoms with Gasteiger partial charge in [-0.3, -0.25) is 38.7 Å². The standard InChI is InChI=1S/C49H85N3O11/c1-20-33(3)40(43(57)62-48(14,15)16)51(31-38(54)59-45(5,6)7)28-26-50(37(42(56)61-47(11,12)13)30-35-22-24-36(53)25-23-35)27-29-52(32-39(55)60-46(8,9)10)41(34(4)21-2)44(58)63-49(17,18)19/h22-25,33-34,37,40-41,53H,20-21,26-32H2,1-19H3. The number of hydrogen-bond donors (Lipinski definition) is 1. The average Bonchev–Trinajstić information content (AvgIpc) is 3.07. The quantitative estimate of drug-likeness (QED) is 0.0889. The molecule has 5 atom stereocenters. The maximum atomic E-state index is 14.5. The molecule has 5 unspecified atom stereocenters. The van der Waals surface area contributed by atoms with Crippen LogP contribution in [0.3, 0.4) is 0 Å². The Bertz CT molecular complexity index is 1530. The Kier molecular flexibility index (Phi) is 21.8. The second-order valence-electron chi connectivity index (χ2n) is 21.8. The summed E-state index contributed by atoms with van der Waals surface area (Å²) in [5.74, 6) is -2.99. The monoisotopic (exact) mass is 892 g/mol. The summed E-state index contributed by atoms with van der Waals surface area (Å²) in [7, 11) is 0. The van der Waals surface area contributed by atoms with Crippen molar-refractivity contribution in [3.05, 3.63) is 29.8 Å².